The fourth-order valence-electron chi connectivity index (χ4n) is 2.08. The maximum Gasteiger partial charge on any atom is 0.252 e. The summed E-state index contributed by atoms with van der Waals surface area (Å²) in [6.07, 6.45) is 0.784. The Bertz CT molecular complexity index is 617. The molecular formula is C16H23Cl2N3O. The van der Waals surface area contributed by atoms with E-state index in [1.54, 1.807) is 0 Å². The first-order valence-corrected chi connectivity index (χ1v) is 7.01. The summed E-state index contributed by atoms with van der Waals surface area (Å²) in [5.41, 5.74) is 7.94. The molecular weight excluding hydrogens is 321 g/mol. The molecule has 2 aromatic rings. The second kappa shape index (κ2) is 9.62. The summed E-state index contributed by atoms with van der Waals surface area (Å²) in [5, 5.41) is 3.80. The fraction of sp³-hybridized carbons (Fsp3) is 0.375. The molecule has 0 saturated heterocycles. The maximum absolute atomic E-state index is 12.3. The van der Waals surface area contributed by atoms with Gasteiger partial charge >= 0.3 is 0 Å². The molecule has 0 atom stereocenters. The third-order valence-electron chi connectivity index (χ3n) is 3.24. The number of aromatic nitrogens is 1. The number of carbonyl (C=O) groups is 1. The summed E-state index contributed by atoms with van der Waals surface area (Å²) in [4.78, 5) is 16.9. The number of nitrogens with two attached hydrogens (primary N) is 1. The first-order valence-electron chi connectivity index (χ1n) is 7.01. The minimum Gasteiger partial charge on any atom is -0.352 e. The van der Waals surface area contributed by atoms with E-state index in [-0.39, 0.29) is 36.6 Å². The standard InChI is InChI=1S/C16H21N3O.2ClH/c1-11(2)15-10-13(16(20)18-9-5-8-17)12-6-3-4-7-14(12)19-15;;/h3-4,6-7,10-11H,5,8-9,17H2,1-2H3,(H,18,20);2*1H. The van der Waals surface area contributed by atoms with E-state index in [1.165, 1.54) is 0 Å². The van der Waals surface area contributed by atoms with Gasteiger partial charge in [0.1, 0.15) is 0 Å². The number of rotatable bonds is 5. The van der Waals surface area contributed by atoms with Crippen molar-refractivity contribution in [3.8, 4) is 0 Å². The Morgan fingerprint density at radius 2 is 1.95 bits per heavy atom. The number of fused-ring (bicyclic) bond motifs is 1. The molecule has 0 aliphatic heterocycles. The lowest BCUT2D eigenvalue weighted by molar-refractivity contribution is 0.0955. The number of hydrogen-bond donors (Lipinski definition) is 2. The number of amides is 1. The van der Waals surface area contributed by atoms with E-state index in [0.717, 1.165) is 23.0 Å². The first-order chi connectivity index (χ1) is 9.63. The number of hydrogen-bond acceptors (Lipinski definition) is 3. The maximum atomic E-state index is 12.3. The van der Waals surface area contributed by atoms with Gasteiger partial charge in [0.15, 0.2) is 0 Å². The number of carbonyl (C=O) groups excluding carboxylic acids is 1. The van der Waals surface area contributed by atoms with E-state index in [1.807, 2.05) is 30.3 Å². The molecule has 1 heterocycles. The second-order valence-corrected chi connectivity index (χ2v) is 5.16. The zero-order chi connectivity index (χ0) is 14.5. The van der Waals surface area contributed by atoms with Crippen LogP contribution in [0.1, 0.15) is 42.2 Å². The molecule has 1 aromatic heterocycles. The van der Waals surface area contributed by atoms with Crippen LogP contribution in [-0.4, -0.2) is 24.0 Å². The SMILES string of the molecule is CC(C)c1cc(C(=O)NCCCN)c2ccccc2n1.Cl.Cl. The molecule has 1 amide bonds. The molecule has 0 saturated carbocycles. The number of pyridine rings is 1. The Morgan fingerprint density at radius 1 is 1.27 bits per heavy atom. The van der Waals surface area contributed by atoms with Crippen LogP contribution in [-0.2, 0) is 0 Å². The molecule has 122 valence electrons. The summed E-state index contributed by atoms with van der Waals surface area (Å²) < 4.78 is 0. The van der Waals surface area contributed by atoms with Crippen LogP contribution in [0.2, 0.25) is 0 Å². The first kappa shape index (κ1) is 20.6. The summed E-state index contributed by atoms with van der Waals surface area (Å²) in [5.74, 6) is 0.231. The van der Waals surface area contributed by atoms with E-state index in [4.69, 9.17) is 5.73 Å². The van der Waals surface area contributed by atoms with Crippen LogP contribution in [0.15, 0.2) is 30.3 Å². The van der Waals surface area contributed by atoms with Crippen molar-refractivity contribution in [1.82, 2.24) is 10.3 Å². The summed E-state index contributed by atoms with van der Waals surface area (Å²) in [7, 11) is 0. The minimum atomic E-state index is -0.0565. The number of nitrogens with one attached hydrogen (secondary N) is 1. The average Bonchev–Trinajstić information content (AvgIpc) is 2.46. The topological polar surface area (TPSA) is 68.0 Å². The van der Waals surface area contributed by atoms with Crippen molar-refractivity contribution in [2.75, 3.05) is 13.1 Å². The van der Waals surface area contributed by atoms with Crippen LogP contribution in [0.25, 0.3) is 10.9 Å². The molecule has 0 aliphatic carbocycles. The van der Waals surface area contributed by atoms with Gasteiger partial charge in [-0.25, -0.2) is 0 Å². The van der Waals surface area contributed by atoms with E-state index in [0.29, 0.717) is 18.7 Å². The molecule has 0 spiro atoms. The predicted octanol–water partition coefficient (Wildman–Crippen LogP) is 3.28. The van der Waals surface area contributed by atoms with Crippen LogP contribution < -0.4 is 11.1 Å². The average molecular weight is 344 g/mol. The lowest BCUT2D eigenvalue weighted by atomic mass is 10.0. The monoisotopic (exact) mass is 343 g/mol. The van der Waals surface area contributed by atoms with Crippen molar-refractivity contribution in [3.63, 3.8) is 0 Å². The highest BCUT2D eigenvalue weighted by Gasteiger charge is 2.13. The van der Waals surface area contributed by atoms with Crippen LogP contribution in [0.3, 0.4) is 0 Å². The van der Waals surface area contributed by atoms with Crippen molar-refractivity contribution < 1.29 is 4.79 Å². The second-order valence-electron chi connectivity index (χ2n) is 5.16. The van der Waals surface area contributed by atoms with Crippen LogP contribution in [0.4, 0.5) is 0 Å². The molecule has 0 bridgehead atoms. The van der Waals surface area contributed by atoms with E-state index < -0.39 is 0 Å². The zero-order valence-corrected chi connectivity index (χ0v) is 14.5. The molecule has 1 aromatic carbocycles. The molecule has 0 unspecified atom stereocenters. The van der Waals surface area contributed by atoms with Gasteiger partial charge in [-0.3, -0.25) is 9.78 Å². The van der Waals surface area contributed by atoms with Gasteiger partial charge in [0.2, 0.25) is 0 Å². The van der Waals surface area contributed by atoms with Gasteiger partial charge in [0.25, 0.3) is 5.91 Å². The Kier molecular flexibility index (Phi) is 9.02. The number of nitrogens with zero attached hydrogens (tertiary/aromatic N) is 1. The summed E-state index contributed by atoms with van der Waals surface area (Å²) in [6, 6.07) is 9.64. The van der Waals surface area contributed by atoms with Crippen LogP contribution in [0.5, 0.6) is 0 Å². The van der Waals surface area contributed by atoms with E-state index in [2.05, 4.69) is 24.1 Å². The van der Waals surface area contributed by atoms with Crippen LogP contribution in [0, 0.1) is 0 Å². The minimum absolute atomic E-state index is 0. The third kappa shape index (κ3) is 4.83. The van der Waals surface area contributed by atoms with E-state index >= 15 is 0 Å². The van der Waals surface area contributed by atoms with Gasteiger partial charge in [-0.15, -0.1) is 24.8 Å². The quantitative estimate of drug-likeness (QED) is 0.818. The van der Waals surface area contributed by atoms with Crippen molar-refractivity contribution in [2.24, 2.45) is 5.73 Å². The zero-order valence-electron chi connectivity index (χ0n) is 12.8. The van der Waals surface area contributed by atoms with Crippen molar-refractivity contribution in [1.29, 1.82) is 0 Å². The van der Waals surface area contributed by atoms with Gasteiger partial charge in [0.05, 0.1) is 11.1 Å². The number of para-hydroxylation sites is 1. The highest BCUT2D eigenvalue weighted by molar-refractivity contribution is 6.06. The molecule has 2 rings (SSSR count). The van der Waals surface area contributed by atoms with Gasteiger partial charge in [0, 0.05) is 17.6 Å². The Morgan fingerprint density at radius 3 is 2.59 bits per heavy atom. The Balaban J connectivity index is 0.00000220. The van der Waals surface area contributed by atoms with Crippen molar-refractivity contribution >= 4 is 41.6 Å². The smallest absolute Gasteiger partial charge is 0.252 e. The molecule has 6 heteroatoms. The van der Waals surface area contributed by atoms with Crippen molar-refractivity contribution in [2.45, 2.75) is 26.2 Å². The molecule has 0 aliphatic rings. The van der Waals surface area contributed by atoms with Gasteiger partial charge in [-0.2, -0.15) is 0 Å². The van der Waals surface area contributed by atoms with Crippen LogP contribution >= 0.6 is 24.8 Å². The molecule has 0 radical (unpaired) electrons. The van der Waals surface area contributed by atoms with Gasteiger partial charge < -0.3 is 11.1 Å². The molecule has 4 nitrogen and oxygen atoms in total. The lowest BCUT2D eigenvalue weighted by Crippen LogP contribution is -2.26. The molecule has 22 heavy (non-hydrogen) atoms. The Hall–Kier alpha value is -1.36. The number of benzene rings is 1. The normalized spacial score (nSPS) is 10.0. The predicted molar refractivity (Wildman–Crippen MR) is 96.3 cm³/mol. The van der Waals surface area contributed by atoms with E-state index in [9.17, 15) is 4.79 Å². The van der Waals surface area contributed by atoms with Gasteiger partial charge in [-0.1, -0.05) is 32.0 Å². The summed E-state index contributed by atoms with van der Waals surface area (Å²) >= 11 is 0. The van der Waals surface area contributed by atoms with Gasteiger partial charge in [-0.05, 0) is 31.0 Å². The third-order valence-corrected chi connectivity index (χ3v) is 3.24. The number of halogens is 2. The fourth-order valence-corrected chi connectivity index (χ4v) is 2.08. The highest BCUT2D eigenvalue weighted by atomic mass is 35.5. The summed E-state index contributed by atoms with van der Waals surface area (Å²) in [6.45, 7) is 5.33. The largest absolute Gasteiger partial charge is 0.352 e. The van der Waals surface area contributed by atoms with Crippen molar-refractivity contribution in [3.05, 3.63) is 41.6 Å². The highest BCUT2D eigenvalue weighted by Crippen LogP contribution is 2.22. The molecule has 3 N–H and O–H groups in total. The lowest BCUT2D eigenvalue weighted by Gasteiger charge is -2.11. The molecule has 0 fully saturated rings. The Labute approximate surface area is 143 Å².